The van der Waals surface area contributed by atoms with Crippen molar-refractivity contribution in [1.82, 2.24) is 9.88 Å². The molecule has 178 valence electrons. The Morgan fingerprint density at radius 2 is 1.91 bits per heavy atom. The van der Waals surface area contributed by atoms with Gasteiger partial charge >= 0.3 is 0 Å². The van der Waals surface area contributed by atoms with E-state index in [0.717, 1.165) is 16.7 Å². The van der Waals surface area contributed by atoms with Crippen LogP contribution in [0.5, 0.6) is 11.5 Å². The van der Waals surface area contributed by atoms with E-state index >= 15 is 0 Å². The molecule has 0 aliphatic carbocycles. The summed E-state index contributed by atoms with van der Waals surface area (Å²) in [5, 5.41) is 5.17. The fraction of sp³-hybridized carbons (Fsp3) is 0.192. The number of aromatic nitrogens is 1. The van der Waals surface area contributed by atoms with E-state index in [2.05, 4.69) is 10.3 Å². The highest BCUT2D eigenvalue weighted by Crippen LogP contribution is 2.35. The van der Waals surface area contributed by atoms with Gasteiger partial charge in [0, 0.05) is 23.9 Å². The second-order valence-corrected chi connectivity index (χ2v) is 8.85. The van der Waals surface area contributed by atoms with Crippen molar-refractivity contribution in [2.45, 2.75) is 19.0 Å². The van der Waals surface area contributed by atoms with Crippen molar-refractivity contribution in [3.05, 3.63) is 83.1 Å². The number of rotatable bonds is 6. The summed E-state index contributed by atoms with van der Waals surface area (Å²) in [7, 11) is 3.18. The SMILES string of the molecule is COc1ccc(OC)c(-c2csc(NC(=O)[C@H]3Cc4ccccc4CN3C(=O)c3ccco3)n2)c1. The van der Waals surface area contributed by atoms with Gasteiger partial charge in [-0.05, 0) is 41.5 Å². The van der Waals surface area contributed by atoms with E-state index in [1.807, 2.05) is 47.8 Å². The maximum atomic E-state index is 13.4. The molecule has 0 saturated heterocycles. The maximum absolute atomic E-state index is 13.4. The normalized spacial score (nSPS) is 14.8. The molecule has 1 atom stereocenters. The predicted molar refractivity (Wildman–Crippen MR) is 132 cm³/mol. The Morgan fingerprint density at radius 1 is 1.09 bits per heavy atom. The largest absolute Gasteiger partial charge is 0.497 e. The Labute approximate surface area is 206 Å². The van der Waals surface area contributed by atoms with Crippen molar-refractivity contribution >= 4 is 28.3 Å². The summed E-state index contributed by atoms with van der Waals surface area (Å²) in [6, 6.07) is 15.8. The minimum atomic E-state index is -0.707. The van der Waals surface area contributed by atoms with E-state index in [4.69, 9.17) is 13.9 Å². The van der Waals surface area contributed by atoms with Crippen LogP contribution in [-0.4, -0.2) is 42.0 Å². The van der Waals surface area contributed by atoms with Crippen LogP contribution in [-0.2, 0) is 17.8 Å². The number of nitrogens with one attached hydrogen (secondary N) is 1. The van der Waals surface area contributed by atoms with Gasteiger partial charge in [-0.25, -0.2) is 4.98 Å². The quantitative estimate of drug-likeness (QED) is 0.425. The lowest BCUT2D eigenvalue weighted by Crippen LogP contribution is -2.50. The zero-order valence-electron chi connectivity index (χ0n) is 19.2. The van der Waals surface area contributed by atoms with E-state index in [0.29, 0.717) is 35.3 Å². The average Bonchev–Trinajstić information content (AvgIpc) is 3.60. The zero-order valence-corrected chi connectivity index (χ0v) is 20.0. The number of fused-ring (bicyclic) bond motifs is 1. The molecule has 5 rings (SSSR count). The van der Waals surface area contributed by atoms with Crippen molar-refractivity contribution < 1.29 is 23.5 Å². The maximum Gasteiger partial charge on any atom is 0.290 e. The first kappa shape index (κ1) is 22.7. The number of methoxy groups -OCH3 is 2. The third-order valence-electron chi connectivity index (χ3n) is 5.96. The minimum absolute atomic E-state index is 0.198. The minimum Gasteiger partial charge on any atom is -0.497 e. The lowest BCUT2D eigenvalue weighted by Gasteiger charge is -2.35. The van der Waals surface area contributed by atoms with Crippen molar-refractivity contribution in [3.8, 4) is 22.8 Å². The molecule has 1 aliphatic heterocycles. The van der Waals surface area contributed by atoms with Gasteiger partial charge in [-0.2, -0.15) is 0 Å². The van der Waals surface area contributed by atoms with E-state index in [9.17, 15) is 9.59 Å². The smallest absolute Gasteiger partial charge is 0.290 e. The van der Waals surface area contributed by atoms with Crippen LogP contribution >= 0.6 is 11.3 Å². The fourth-order valence-electron chi connectivity index (χ4n) is 4.17. The van der Waals surface area contributed by atoms with Crippen LogP contribution in [0.4, 0.5) is 5.13 Å². The van der Waals surface area contributed by atoms with Crippen LogP contribution in [0.2, 0.25) is 0 Å². The Kier molecular flexibility index (Phi) is 6.24. The van der Waals surface area contributed by atoms with Gasteiger partial charge in [-0.15, -0.1) is 11.3 Å². The number of hydrogen-bond acceptors (Lipinski definition) is 7. The highest BCUT2D eigenvalue weighted by atomic mass is 32.1. The molecule has 8 nitrogen and oxygen atoms in total. The topological polar surface area (TPSA) is 93.9 Å². The van der Waals surface area contributed by atoms with Gasteiger partial charge in [-0.3, -0.25) is 9.59 Å². The molecule has 0 bridgehead atoms. The van der Waals surface area contributed by atoms with Gasteiger partial charge in [0.15, 0.2) is 10.9 Å². The highest BCUT2D eigenvalue weighted by molar-refractivity contribution is 7.14. The Bertz CT molecular complexity index is 1370. The molecule has 0 saturated carbocycles. The zero-order chi connectivity index (χ0) is 24.4. The standard InChI is InChI=1S/C26H23N3O5S/c1-32-18-9-10-22(33-2)19(13-18)20-15-35-26(27-20)28-24(30)21-12-16-6-3-4-7-17(16)14-29(21)25(31)23-8-5-11-34-23/h3-11,13,15,21H,12,14H2,1-2H3,(H,27,28,30)/t21-/m1/s1. The lowest BCUT2D eigenvalue weighted by atomic mass is 9.93. The molecule has 1 N–H and O–H groups in total. The molecular weight excluding hydrogens is 466 g/mol. The molecule has 4 aromatic rings. The number of hydrogen-bond donors (Lipinski definition) is 1. The molecule has 0 spiro atoms. The Hall–Kier alpha value is -4.11. The number of nitrogens with zero attached hydrogens (tertiary/aromatic N) is 2. The van der Waals surface area contributed by atoms with E-state index in [-0.39, 0.29) is 17.6 Å². The Morgan fingerprint density at radius 3 is 2.66 bits per heavy atom. The van der Waals surface area contributed by atoms with Crippen LogP contribution < -0.4 is 14.8 Å². The molecule has 3 heterocycles. The summed E-state index contributed by atoms with van der Waals surface area (Å²) < 4.78 is 16.1. The van der Waals surface area contributed by atoms with Crippen LogP contribution in [0, 0.1) is 0 Å². The first-order chi connectivity index (χ1) is 17.1. The van der Waals surface area contributed by atoms with E-state index in [1.165, 1.54) is 17.6 Å². The number of anilines is 1. The van der Waals surface area contributed by atoms with Crippen molar-refractivity contribution in [2.75, 3.05) is 19.5 Å². The fourth-order valence-corrected chi connectivity index (χ4v) is 4.88. The average molecular weight is 490 g/mol. The van der Waals surface area contributed by atoms with E-state index < -0.39 is 6.04 Å². The van der Waals surface area contributed by atoms with Crippen LogP contribution in [0.1, 0.15) is 21.7 Å². The predicted octanol–water partition coefficient (Wildman–Crippen LogP) is 4.63. The van der Waals surface area contributed by atoms with E-state index in [1.54, 1.807) is 31.3 Å². The summed E-state index contributed by atoms with van der Waals surface area (Å²) in [5.41, 5.74) is 3.46. The number of ether oxygens (including phenoxy) is 2. The number of thiazole rings is 1. The number of carbonyl (C=O) groups is 2. The third-order valence-corrected chi connectivity index (χ3v) is 6.72. The summed E-state index contributed by atoms with van der Waals surface area (Å²) in [6.45, 7) is 0.317. The number of carbonyl (C=O) groups excluding carboxylic acids is 2. The molecule has 0 fully saturated rings. The number of amides is 2. The summed E-state index contributed by atoms with van der Waals surface area (Å²) in [6.07, 6.45) is 1.85. The molecule has 1 aliphatic rings. The van der Waals surface area contributed by atoms with Crippen molar-refractivity contribution in [1.29, 1.82) is 0 Å². The van der Waals surface area contributed by atoms with Crippen LogP contribution in [0.3, 0.4) is 0 Å². The first-order valence-corrected chi connectivity index (χ1v) is 11.9. The molecule has 35 heavy (non-hydrogen) atoms. The molecule has 0 radical (unpaired) electrons. The summed E-state index contributed by atoms with van der Waals surface area (Å²) >= 11 is 1.30. The van der Waals surface area contributed by atoms with Gasteiger partial charge < -0.3 is 24.1 Å². The third kappa shape index (κ3) is 4.50. The highest BCUT2D eigenvalue weighted by Gasteiger charge is 2.36. The van der Waals surface area contributed by atoms with Gasteiger partial charge in [0.1, 0.15) is 17.5 Å². The first-order valence-electron chi connectivity index (χ1n) is 11.0. The molecule has 9 heteroatoms. The second kappa shape index (κ2) is 9.63. The number of furan rings is 1. The van der Waals surface area contributed by atoms with Gasteiger partial charge in [-0.1, -0.05) is 24.3 Å². The van der Waals surface area contributed by atoms with Gasteiger partial charge in [0.25, 0.3) is 5.91 Å². The monoisotopic (exact) mass is 489 g/mol. The molecule has 2 aromatic carbocycles. The second-order valence-electron chi connectivity index (χ2n) is 7.99. The van der Waals surface area contributed by atoms with Crippen molar-refractivity contribution in [2.24, 2.45) is 0 Å². The Balaban J connectivity index is 1.41. The summed E-state index contributed by atoms with van der Waals surface area (Å²) in [5.74, 6) is 0.882. The molecular formula is C26H23N3O5S. The van der Waals surface area contributed by atoms with Gasteiger partial charge in [0.2, 0.25) is 5.91 Å². The summed E-state index contributed by atoms with van der Waals surface area (Å²) in [4.78, 5) is 32.7. The van der Waals surface area contributed by atoms with Crippen LogP contribution in [0.25, 0.3) is 11.3 Å². The molecule has 0 unspecified atom stereocenters. The molecule has 2 amide bonds. The van der Waals surface area contributed by atoms with Crippen LogP contribution in [0.15, 0.2) is 70.7 Å². The van der Waals surface area contributed by atoms with Gasteiger partial charge in [0.05, 0.1) is 26.2 Å². The van der Waals surface area contributed by atoms with Crippen molar-refractivity contribution in [3.63, 3.8) is 0 Å². The lowest BCUT2D eigenvalue weighted by molar-refractivity contribution is -0.121. The number of benzene rings is 2. The molecule has 2 aromatic heterocycles.